The summed E-state index contributed by atoms with van der Waals surface area (Å²) in [7, 11) is 3.18. The molecule has 1 unspecified atom stereocenters. The molecule has 0 spiro atoms. The third-order valence-electron chi connectivity index (χ3n) is 3.98. The number of nitrogens with zero attached hydrogens (tertiary/aromatic N) is 1. The van der Waals surface area contributed by atoms with Crippen LogP contribution in [0.5, 0.6) is 11.5 Å². The molecule has 2 aromatic carbocycles. The lowest BCUT2D eigenvalue weighted by Gasteiger charge is -2.34. The van der Waals surface area contributed by atoms with E-state index in [4.69, 9.17) is 19.0 Å². The molecule has 0 saturated carbocycles. The van der Waals surface area contributed by atoms with Gasteiger partial charge in [0.1, 0.15) is 11.5 Å². The quantitative estimate of drug-likeness (QED) is 0.831. The molecular formula is C19H21NO5. The van der Waals surface area contributed by atoms with Crippen molar-refractivity contribution in [1.29, 1.82) is 0 Å². The van der Waals surface area contributed by atoms with Crippen molar-refractivity contribution >= 4 is 5.97 Å². The lowest BCUT2D eigenvalue weighted by Crippen LogP contribution is -2.38. The van der Waals surface area contributed by atoms with Crippen LogP contribution in [0, 0.1) is 0 Å². The summed E-state index contributed by atoms with van der Waals surface area (Å²) in [5.74, 6) is 0.889. The molecular weight excluding hydrogens is 322 g/mol. The van der Waals surface area contributed by atoms with Gasteiger partial charge >= 0.3 is 5.97 Å². The molecule has 1 heterocycles. The largest absolute Gasteiger partial charge is 0.497 e. The van der Waals surface area contributed by atoms with Crippen molar-refractivity contribution in [1.82, 2.24) is 5.06 Å². The molecule has 0 bridgehead atoms. The van der Waals surface area contributed by atoms with Crippen LogP contribution in [0.15, 0.2) is 48.5 Å². The van der Waals surface area contributed by atoms with E-state index in [1.54, 1.807) is 49.6 Å². The molecule has 0 N–H and O–H groups in total. The van der Waals surface area contributed by atoms with Gasteiger partial charge in [0.2, 0.25) is 0 Å². The van der Waals surface area contributed by atoms with Crippen LogP contribution in [-0.4, -0.2) is 38.4 Å². The van der Waals surface area contributed by atoms with Gasteiger partial charge in [0.05, 0.1) is 26.4 Å². The van der Waals surface area contributed by atoms with E-state index in [0.29, 0.717) is 30.2 Å². The highest BCUT2D eigenvalue weighted by Gasteiger charge is 2.31. The lowest BCUT2D eigenvalue weighted by atomic mass is 10.1. The first-order chi connectivity index (χ1) is 12.2. The van der Waals surface area contributed by atoms with Gasteiger partial charge in [-0.15, -0.1) is 5.06 Å². The Bertz CT molecular complexity index is 719. The van der Waals surface area contributed by atoms with Gasteiger partial charge in [-0.05, 0) is 30.7 Å². The Morgan fingerprint density at radius 2 is 1.92 bits per heavy atom. The number of methoxy groups -OCH3 is 2. The number of hydroxylamine groups is 2. The summed E-state index contributed by atoms with van der Waals surface area (Å²) in [6.45, 7) is 1.16. The van der Waals surface area contributed by atoms with Gasteiger partial charge in [-0.25, -0.2) is 4.79 Å². The van der Waals surface area contributed by atoms with Crippen LogP contribution >= 0.6 is 0 Å². The van der Waals surface area contributed by atoms with Gasteiger partial charge in [0, 0.05) is 18.2 Å². The molecule has 2 aromatic rings. The van der Waals surface area contributed by atoms with E-state index in [2.05, 4.69) is 0 Å². The molecule has 0 radical (unpaired) electrons. The van der Waals surface area contributed by atoms with Crippen LogP contribution in [0.3, 0.4) is 0 Å². The number of benzene rings is 2. The molecule has 3 rings (SSSR count). The molecule has 132 valence electrons. The second-order valence-electron chi connectivity index (χ2n) is 5.57. The molecule has 1 saturated heterocycles. The molecule has 1 fully saturated rings. The van der Waals surface area contributed by atoms with Crippen molar-refractivity contribution in [2.45, 2.75) is 12.6 Å². The molecule has 1 aliphatic heterocycles. The average Bonchev–Trinajstić information content (AvgIpc) is 2.68. The summed E-state index contributed by atoms with van der Waals surface area (Å²) < 4.78 is 16.5. The maximum absolute atomic E-state index is 12.4. The zero-order valence-electron chi connectivity index (χ0n) is 14.3. The van der Waals surface area contributed by atoms with Crippen LogP contribution in [0.4, 0.5) is 0 Å². The first-order valence-electron chi connectivity index (χ1n) is 8.10. The van der Waals surface area contributed by atoms with Gasteiger partial charge in [-0.1, -0.05) is 18.2 Å². The van der Waals surface area contributed by atoms with Crippen molar-refractivity contribution in [3.8, 4) is 11.5 Å². The number of rotatable bonds is 5. The zero-order valence-corrected chi connectivity index (χ0v) is 14.3. The second kappa shape index (κ2) is 8.00. The normalized spacial score (nSPS) is 17.8. The maximum Gasteiger partial charge on any atom is 0.357 e. The third-order valence-corrected chi connectivity index (χ3v) is 3.98. The molecule has 6 nitrogen and oxygen atoms in total. The highest BCUT2D eigenvalue weighted by Crippen LogP contribution is 2.35. The average molecular weight is 343 g/mol. The number of hydrogen-bond acceptors (Lipinski definition) is 6. The summed E-state index contributed by atoms with van der Waals surface area (Å²) in [4.78, 5) is 18.0. The fourth-order valence-corrected chi connectivity index (χ4v) is 2.71. The van der Waals surface area contributed by atoms with Gasteiger partial charge in [-0.2, -0.15) is 0 Å². The smallest absolute Gasteiger partial charge is 0.357 e. The summed E-state index contributed by atoms with van der Waals surface area (Å²) in [6.07, 6.45) is 0.249. The predicted molar refractivity (Wildman–Crippen MR) is 91.4 cm³/mol. The Morgan fingerprint density at radius 3 is 2.64 bits per heavy atom. The summed E-state index contributed by atoms with van der Waals surface area (Å²) >= 11 is 0. The van der Waals surface area contributed by atoms with Crippen LogP contribution in [0.25, 0.3) is 0 Å². The number of carbonyl (C=O) groups excluding carboxylic acids is 1. The summed E-state index contributed by atoms with van der Waals surface area (Å²) in [6, 6.07) is 14.4. The fraction of sp³-hybridized carbons (Fsp3) is 0.316. The SMILES string of the molecule is COc1ccc(C2OCCCN2OC(=O)c2ccccc2)c(OC)c1. The minimum Gasteiger partial charge on any atom is -0.497 e. The monoisotopic (exact) mass is 343 g/mol. The second-order valence-corrected chi connectivity index (χ2v) is 5.57. The molecule has 25 heavy (non-hydrogen) atoms. The predicted octanol–water partition coefficient (Wildman–Crippen LogP) is 3.20. The molecule has 6 heteroatoms. The number of hydrogen-bond donors (Lipinski definition) is 0. The zero-order chi connectivity index (χ0) is 17.6. The minimum atomic E-state index is -0.526. The van der Waals surface area contributed by atoms with Crippen LogP contribution < -0.4 is 9.47 Å². The van der Waals surface area contributed by atoms with E-state index in [0.717, 1.165) is 12.0 Å². The lowest BCUT2D eigenvalue weighted by molar-refractivity contribution is -0.244. The van der Waals surface area contributed by atoms with Gasteiger partial charge in [0.15, 0.2) is 6.23 Å². The third kappa shape index (κ3) is 3.92. The van der Waals surface area contributed by atoms with Crippen LogP contribution in [-0.2, 0) is 9.57 Å². The standard InChI is InChI=1S/C19H21NO5/c1-22-15-9-10-16(17(13-15)23-2)18-20(11-6-12-24-18)25-19(21)14-7-4-3-5-8-14/h3-5,7-10,13,18H,6,11-12H2,1-2H3. The Labute approximate surface area is 146 Å². The van der Waals surface area contributed by atoms with Gasteiger partial charge in [-0.3, -0.25) is 0 Å². The van der Waals surface area contributed by atoms with Crippen LogP contribution in [0.2, 0.25) is 0 Å². The summed E-state index contributed by atoms with van der Waals surface area (Å²) in [5.41, 5.74) is 1.28. The van der Waals surface area contributed by atoms with Crippen molar-refractivity contribution in [2.75, 3.05) is 27.4 Å². The Hall–Kier alpha value is -2.57. The van der Waals surface area contributed by atoms with E-state index >= 15 is 0 Å². The topological polar surface area (TPSA) is 57.2 Å². The highest BCUT2D eigenvalue weighted by atomic mass is 16.7. The molecule has 1 atom stereocenters. The molecule has 0 aliphatic carbocycles. The van der Waals surface area contributed by atoms with E-state index < -0.39 is 12.2 Å². The van der Waals surface area contributed by atoms with Crippen LogP contribution in [0.1, 0.15) is 28.6 Å². The highest BCUT2D eigenvalue weighted by molar-refractivity contribution is 5.89. The van der Waals surface area contributed by atoms with E-state index in [9.17, 15) is 4.79 Å². The maximum atomic E-state index is 12.4. The van der Waals surface area contributed by atoms with E-state index in [1.165, 1.54) is 0 Å². The van der Waals surface area contributed by atoms with Gasteiger partial charge < -0.3 is 19.0 Å². The number of ether oxygens (including phenoxy) is 3. The Kier molecular flexibility index (Phi) is 5.53. The fourth-order valence-electron chi connectivity index (χ4n) is 2.71. The first-order valence-corrected chi connectivity index (χ1v) is 8.10. The Balaban J connectivity index is 1.83. The Morgan fingerprint density at radius 1 is 1.12 bits per heavy atom. The van der Waals surface area contributed by atoms with E-state index in [1.807, 2.05) is 18.2 Å². The van der Waals surface area contributed by atoms with Crippen molar-refractivity contribution in [3.63, 3.8) is 0 Å². The van der Waals surface area contributed by atoms with Crippen molar-refractivity contribution < 1.29 is 23.8 Å². The minimum absolute atomic E-state index is 0.413. The molecule has 0 amide bonds. The van der Waals surface area contributed by atoms with Crippen molar-refractivity contribution in [2.24, 2.45) is 0 Å². The molecule has 0 aromatic heterocycles. The van der Waals surface area contributed by atoms with E-state index in [-0.39, 0.29) is 0 Å². The number of carbonyl (C=O) groups is 1. The summed E-state index contributed by atoms with van der Waals surface area (Å²) in [5, 5.41) is 1.56. The molecule has 1 aliphatic rings. The van der Waals surface area contributed by atoms with Gasteiger partial charge in [0.25, 0.3) is 0 Å². The van der Waals surface area contributed by atoms with Crippen molar-refractivity contribution in [3.05, 3.63) is 59.7 Å². The first kappa shape index (κ1) is 17.3.